The van der Waals surface area contributed by atoms with E-state index < -0.39 is 9.05 Å². The number of hydrogen-bond donors (Lipinski definition) is 0. The largest absolute Gasteiger partial charge is 0.261 e. The minimum absolute atomic E-state index is 0.168. The smallest absolute Gasteiger partial charge is 0.207 e. The monoisotopic (exact) mass is 260 g/mol. The molecule has 0 aliphatic heterocycles. The van der Waals surface area contributed by atoms with Gasteiger partial charge in [0.1, 0.15) is 0 Å². The average molecular weight is 261 g/mol. The van der Waals surface area contributed by atoms with E-state index >= 15 is 0 Å². The van der Waals surface area contributed by atoms with Crippen molar-refractivity contribution in [1.82, 2.24) is 0 Å². The van der Waals surface area contributed by atoms with E-state index in [1.807, 2.05) is 12.1 Å². The van der Waals surface area contributed by atoms with Crippen molar-refractivity contribution < 1.29 is 8.42 Å². The van der Waals surface area contributed by atoms with E-state index in [1.54, 1.807) is 12.1 Å². The molecule has 0 radical (unpaired) electrons. The third-order valence-electron chi connectivity index (χ3n) is 2.45. The highest BCUT2D eigenvalue weighted by molar-refractivity contribution is 8.13. The Hall–Kier alpha value is -0.540. The highest BCUT2D eigenvalue weighted by Gasteiger charge is 2.08. The van der Waals surface area contributed by atoms with Crippen LogP contribution in [0.25, 0.3) is 0 Å². The molecule has 0 aliphatic rings. The van der Waals surface area contributed by atoms with E-state index in [1.165, 1.54) is 6.42 Å². The van der Waals surface area contributed by atoms with Gasteiger partial charge in [-0.1, -0.05) is 32.4 Å². The highest BCUT2D eigenvalue weighted by Crippen LogP contribution is 2.16. The molecule has 0 aromatic heterocycles. The Bertz CT molecular complexity index is 421. The second-order valence-corrected chi connectivity index (χ2v) is 6.93. The molecule has 0 bridgehead atoms. The molecule has 0 N–H and O–H groups in total. The maximum Gasteiger partial charge on any atom is 0.261 e. The Kier molecular flexibility index (Phi) is 4.81. The second-order valence-electron chi connectivity index (χ2n) is 4.37. The molecular weight excluding hydrogens is 244 g/mol. The molecule has 16 heavy (non-hydrogen) atoms. The summed E-state index contributed by atoms with van der Waals surface area (Å²) < 4.78 is 22.0. The second kappa shape index (κ2) is 5.69. The van der Waals surface area contributed by atoms with Crippen LogP contribution in [0.15, 0.2) is 29.2 Å². The molecule has 2 nitrogen and oxygen atoms in total. The first-order valence-corrected chi connectivity index (χ1v) is 7.74. The summed E-state index contributed by atoms with van der Waals surface area (Å²) in [5, 5.41) is 0. The predicted molar refractivity (Wildman–Crippen MR) is 67.3 cm³/mol. The van der Waals surface area contributed by atoms with E-state index in [0.29, 0.717) is 5.92 Å². The summed E-state index contributed by atoms with van der Waals surface area (Å²) >= 11 is 0. The molecule has 0 atom stereocenters. The molecule has 1 aromatic carbocycles. The van der Waals surface area contributed by atoms with Crippen molar-refractivity contribution in [2.24, 2.45) is 5.92 Å². The Morgan fingerprint density at radius 3 is 2.19 bits per heavy atom. The van der Waals surface area contributed by atoms with Gasteiger partial charge in [-0.15, -0.1) is 0 Å². The van der Waals surface area contributed by atoms with Gasteiger partial charge in [0.2, 0.25) is 0 Å². The maximum absolute atomic E-state index is 11.0. The van der Waals surface area contributed by atoms with Gasteiger partial charge in [-0.3, -0.25) is 0 Å². The van der Waals surface area contributed by atoms with Crippen LogP contribution in [0, 0.1) is 5.92 Å². The van der Waals surface area contributed by atoms with Gasteiger partial charge < -0.3 is 0 Å². The van der Waals surface area contributed by atoms with Crippen LogP contribution >= 0.6 is 10.7 Å². The van der Waals surface area contributed by atoms with Crippen LogP contribution in [0.3, 0.4) is 0 Å². The molecule has 0 saturated carbocycles. The zero-order valence-corrected chi connectivity index (χ0v) is 11.2. The maximum atomic E-state index is 11.0. The van der Waals surface area contributed by atoms with Gasteiger partial charge in [-0.25, -0.2) is 8.42 Å². The SMILES string of the molecule is CC(C)CCCc1ccc(S(=O)(=O)Cl)cc1. The van der Waals surface area contributed by atoms with Crippen LogP contribution in [0.2, 0.25) is 0 Å². The van der Waals surface area contributed by atoms with E-state index in [0.717, 1.165) is 18.4 Å². The van der Waals surface area contributed by atoms with Gasteiger partial charge in [0, 0.05) is 10.7 Å². The van der Waals surface area contributed by atoms with Crippen LogP contribution in [0.4, 0.5) is 0 Å². The van der Waals surface area contributed by atoms with Crippen molar-refractivity contribution in [3.63, 3.8) is 0 Å². The lowest BCUT2D eigenvalue weighted by molar-refractivity contribution is 0.556. The van der Waals surface area contributed by atoms with Gasteiger partial charge in [0.25, 0.3) is 9.05 Å². The van der Waals surface area contributed by atoms with Gasteiger partial charge in [-0.2, -0.15) is 0 Å². The lowest BCUT2D eigenvalue weighted by Crippen LogP contribution is -1.93. The summed E-state index contributed by atoms with van der Waals surface area (Å²) in [5.74, 6) is 0.711. The first kappa shape index (κ1) is 13.5. The fourth-order valence-electron chi connectivity index (χ4n) is 1.53. The third kappa shape index (κ3) is 4.54. The number of hydrogen-bond acceptors (Lipinski definition) is 2. The minimum Gasteiger partial charge on any atom is -0.207 e. The topological polar surface area (TPSA) is 34.1 Å². The third-order valence-corrected chi connectivity index (χ3v) is 3.82. The van der Waals surface area contributed by atoms with Crippen molar-refractivity contribution >= 4 is 19.7 Å². The number of rotatable bonds is 5. The van der Waals surface area contributed by atoms with Crippen LogP contribution in [-0.2, 0) is 15.5 Å². The Labute approximate surface area is 102 Å². The van der Waals surface area contributed by atoms with Crippen molar-refractivity contribution in [2.45, 2.75) is 38.0 Å². The molecule has 4 heteroatoms. The van der Waals surface area contributed by atoms with Gasteiger partial charge in [0.05, 0.1) is 4.90 Å². The molecule has 0 fully saturated rings. The van der Waals surface area contributed by atoms with E-state index in [-0.39, 0.29) is 4.90 Å². The number of benzene rings is 1. The van der Waals surface area contributed by atoms with Gasteiger partial charge in [-0.05, 0) is 36.5 Å². The summed E-state index contributed by atoms with van der Waals surface area (Å²) in [7, 11) is 1.65. The molecule has 1 rings (SSSR count). The lowest BCUT2D eigenvalue weighted by atomic mass is 10.0. The fraction of sp³-hybridized carbons (Fsp3) is 0.500. The van der Waals surface area contributed by atoms with Crippen molar-refractivity contribution in [2.75, 3.05) is 0 Å². The number of aryl methyl sites for hydroxylation is 1. The van der Waals surface area contributed by atoms with Crippen LogP contribution < -0.4 is 0 Å². The first-order chi connectivity index (χ1) is 7.39. The first-order valence-electron chi connectivity index (χ1n) is 5.43. The van der Waals surface area contributed by atoms with Crippen molar-refractivity contribution in [3.8, 4) is 0 Å². The average Bonchev–Trinajstić information content (AvgIpc) is 2.16. The molecule has 0 heterocycles. The van der Waals surface area contributed by atoms with Crippen LogP contribution in [-0.4, -0.2) is 8.42 Å². The number of halogens is 1. The van der Waals surface area contributed by atoms with E-state index in [4.69, 9.17) is 10.7 Å². The molecule has 0 saturated heterocycles. The van der Waals surface area contributed by atoms with E-state index in [2.05, 4.69) is 13.8 Å². The summed E-state index contributed by atoms with van der Waals surface area (Å²) in [6.45, 7) is 4.40. The molecular formula is C12H17ClO2S. The highest BCUT2D eigenvalue weighted by atomic mass is 35.7. The summed E-state index contributed by atoms with van der Waals surface area (Å²) in [5.41, 5.74) is 1.16. The normalized spacial score (nSPS) is 12.0. The Morgan fingerprint density at radius 1 is 1.19 bits per heavy atom. The molecule has 0 aliphatic carbocycles. The Balaban J connectivity index is 2.59. The zero-order chi connectivity index (χ0) is 12.2. The lowest BCUT2D eigenvalue weighted by Gasteiger charge is -2.05. The summed E-state index contributed by atoms with van der Waals surface area (Å²) in [4.78, 5) is 0.168. The zero-order valence-electron chi connectivity index (χ0n) is 9.61. The van der Waals surface area contributed by atoms with E-state index in [9.17, 15) is 8.42 Å². The summed E-state index contributed by atoms with van der Waals surface area (Å²) in [6.07, 6.45) is 3.31. The van der Waals surface area contributed by atoms with Crippen molar-refractivity contribution in [1.29, 1.82) is 0 Å². The summed E-state index contributed by atoms with van der Waals surface area (Å²) in [6, 6.07) is 6.78. The molecule has 0 spiro atoms. The minimum atomic E-state index is -3.58. The van der Waals surface area contributed by atoms with Crippen LogP contribution in [0.5, 0.6) is 0 Å². The predicted octanol–water partition coefficient (Wildman–Crippen LogP) is 3.59. The molecule has 0 amide bonds. The van der Waals surface area contributed by atoms with Gasteiger partial charge >= 0.3 is 0 Å². The molecule has 90 valence electrons. The fourth-order valence-corrected chi connectivity index (χ4v) is 2.30. The van der Waals surface area contributed by atoms with Crippen LogP contribution in [0.1, 0.15) is 32.3 Å². The standard InChI is InChI=1S/C12H17ClO2S/c1-10(2)4-3-5-11-6-8-12(9-7-11)16(13,14)15/h6-10H,3-5H2,1-2H3. The van der Waals surface area contributed by atoms with Gasteiger partial charge in [0.15, 0.2) is 0 Å². The Morgan fingerprint density at radius 2 is 1.75 bits per heavy atom. The molecule has 0 unspecified atom stereocenters. The van der Waals surface area contributed by atoms with Crippen molar-refractivity contribution in [3.05, 3.63) is 29.8 Å². The quantitative estimate of drug-likeness (QED) is 0.758. The molecule has 1 aromatic rings.